The van der Waals surface area contributed by atoms with E-state index in [1.165, 1.54) is 0 Å². The van der Waals surface area contributed by atoms with E-state index in [1.807, 2.05) is 38.4 Å². The highest BCUT2D eigenvalue weighted by Crippen LogP contribution is 2.20. The Kier molecular flexibility index (Phi) is 4.99. The molecule has 0 N–H and O–H groups in total. The van der Waals surface area contributed by atoms with Crippen LogP contribution in [0.5, 0.6) is 5.75 Å². The molecule has 88 valence electrons. The molecule has 0 aliphatic rings. The van der Waals surface area contributed by atoms with E-state index in [9.17, 15) is 4.79 Å². The number of rotatable bonds is 6. The summed E-state index contributed by atoms with van der Waals surface area (Å²) < 4.78 is 5.08. The lowest BCUT2D eigenvalue weighted by Gasteiger charge is -2.14. The maximum Gasteiger partial charge on any atom is 0.127 e. The quantitative estimate of drug-likeness (QED) is 0.687. The first kappa shape index (κ1) is 12.7. The molecule has 1 atom stereocenters. The molecule has 0 aliphatic heterocycles. The van der Waals surface area contributed by atoms with Crippen LogP contribution in [0.25, 0.3) is 0 Å². The zero-order valence-corrected chi connectivity index (χ0v) is 10.1. The number of aldehydes is 1. The Morgan fingerprint density at radius 2 is 1.94 bits per heavy atom. The van der Waals surface area contributed by atoms with E-state index in [0.717, 1.165) is 30.6 Å². The lowest BCUT2D eigenvalue weighted by Crippen LogP contribution is -2.16. The fourth-order valence-corrected chi connectivity index (χ4v) is 1.56. The van der Waals surface area contributed by atoms with Gasteiger partial charge in [0.05, 0.1) is 7.11 Å². The van der Waals surface area contributed by atoms with E-state index in [0.29, 0.717) is 0 Å². The first-order valence-corrected chi connectivity index (χ1v) is 5.41. The van der Waals surface area contributed by atoms with Gasteiger partial charge < -0.3 is 14.4 Å². The van der Waals surface area contributed by atoms with Crippen LogP contribution in [0.1, 0.15) is 17.9 Å². The zero-order chi connectivity index (χ0) is 12.0. The number of hydrogen-bond acceptors (Lipinski definition) is 3. The van der Waals surface area contributed by atoms with Crippen molar-refractivity contribution < 1.29 is 9.53 Å². The first-order valence-electron chi connectivity index (χ1n) is 5.41. The Hall–Kier alpha value is -1.35. The van der Waals surface area contributed by atoms with Gasteiger partial charge >= 0.3 is 0 Å². The van der Waals surface area contributed by atoms with Gasteiger partial charge in [-0.25, -0.2) is 0 Å². The fraction of sp³-hybridized carbons (Fsp3) is 0.462. The lowest BCUT2D eigenvalue weighted by atomic mass is 9.97. The normalized spacial score (nSPS) is 12.5. The minimum absolute atomic E-state index is 0.0201. The smallest absolute Gasteiger partial charge is 0.127 e. The van der Waals surface area contributed by atoms with Gasteiger partial charge in [-0.2, -0.15) is 0 Å². The molecule has 0 aliphatic carbocycles. The standard InChI is InChI=1S/C13H19NO2/c1-14(2)9-8-12(10-15)11-4-6-13(16-3)7-5-11/h4-7,10,12H,8-9H2,1-3H3. The summed E-state index contributed by atoms with van der Waals surface area (Å²) >= 11 is 0. The number of nitrogens with zero attached hydrogens (tertiary/aromatic N) is 1. The summed E-state index contributed by atoms with van der Waals surface area (Å²) in [7, 11) is 5.66. The maximum absolute atomic E-state index is 11.0. The van der Waals surface area contributed by atoms with Gasteiger partial charge in [-0.3, -0.25) is 0 Å². The summed E-state index contributed by atoms with van der Waals surface area (Å²) in [5, 5.41) is 0. The van der Waals surface area contributed by atoms with Gasteiger partial charge in [0, 0.05) is 5.92 Å². The topological polar surface area (TPSA) is 29.5 Å². The molecule has 0 saturated carbocycles. The summed E-state index contributed by atoms with van der Waals surface area (Å²) in [6.45, 7) is 0.912. The number of carbonyl (C=O) groups excluding carboxylic acids is 1. The number of hydrogen-bond donors (Lipinski definition) is 0. The molecule has 0 fully saturated rings. The zero-order valence-electron chi connectivity index (χ0n) is 10.1. The third kappa shape index (κ3) is 3.66. The van der Waals surface area contributed by atoms with E-state index in [4.69, 9.17) is 4.74 Å². The van der Waals surface area contributed by atoms with Crippen LogP contribution < -0.4 is 4.74 Å². The molecule has 1 aromatic rings. The van der Waals surface area contributed by atoms with Crippen LogP contribution in [0.4, 0.5) is 0 Å². The monoisotopic (exact) mass is 221 g/mol. The second-order valence-corrected chi connectivity index (χ2v) is 4.11. The van der Waals surface area contributed by atoms with Crippen molar-refractivity contribution >= 4 is 6.29 Å². The molecule has 0 aromatic heterocycles. The van der Waals surface area contributed by atoms with Crippen LogP contribution >= 0.6 is 0 Å². The Morgan fingerprint density at radius 3 is 2.38 bits per heavy atom. The second-order valence-electron chi connectivity index (χ2n) is 4.11. The van der Waals surface area contributed by atoms with E-state index in [-0.39, 0.29) is 5.92 Å². The molecule has 16 heavy (non-hydrogen) atoms. The molecule has 0 saturated heterocycles. The average molecular weight is 221 g/mol. The predicted molar refractivity (Wildman–Crippen MR) is 65.0 cm³/mol. The largest absolute Gasteiger partial charge is 0.497 e. The molecular weight excluding hydrogens is 202 g/mol. The van der Waals surface area contributed by atoms with Crippen molar-refractivity contribution in [1.82, 2.24) is 4.90 Å². The minimum Gasteiger partial charge on any atom is -0.497 e. The van der Waals surface area contributed by atoms with Gasteiger partial charge in [-0.1, -0.05) is 12.1 Å². The van der Waals surface area contributed by atoms with Crippen LogP contribution in [0.15, 0.2) is 24.3 Å². The maximum atomic E-state index is 11.0. The Balaban J connectivity index is 2.67. The molecule has 0 bridgehead atoms. The van der Waals surface area contributed by atoms with Crippen LogP contribution in [0.3, 0.4) is 0 Å². The van der Waals surface area contributed by atoms with Crippen LogP contribution in [0.2, 0.25) is 0 Å². The average Bonchev–Trinajstić information content (AvgIpc) is 2.30. The van der Waals surface area contributed by atoms with E-state index >= 15 is 0 Å². The second kappa shape index (κ2) is 6.28. The number of methoxy groups -OCH3 is 1. The van der Waals surface area contributed by atoms with Gasteiger partial charge in [0.25, 0.3) is 0 Å². The van der Waals surface area contributed by atoms with E-state index < -0.39 is 0 Å². The van der Waals surface area contributed by atoms with E-state index in [2.05, 4.69) is 4.90 Å². The van der Waals surface area contributed by atoms with Crippen molar-refractivity contribution in [3.8, 4) is 5.75 Å². The Morgan fingerprint density at radius 1 is 1.31 bits per heavy atom. The van der Waals surface area contributed by atoms with Gasteiger partial charge in [0.1, 0.15) is 12.0 Å². The molecule has 0 spiro atoms. The SMILES string of the molecule is COc1ccc(C(C=O)CCN(C)C)cc1. The Labute approximate surface area is 97.0 Å². The van der Waals surface area contributed by atoms with Crippen LogP contribution in [-0.4, -0.2) is 38.9 Å². The Bertz CT molecular complexity index is 319. The first-order chi connectivity index (χ1) is 7.67. The molecule has 1 aromatic carbocycles. The highest BCUT2D eigenvalue weighted by molar-refractivity contribution is 5.62. The molecule has 0 radical (unpaired) electrons. The van der Waals surface area contributed by atoms with Gasteiger partial charge in [0.15, 0.2) is 0 Å². The summed E-state index contributed by atoms with van der Waals surface area (Å²) in [4.78, 5) is 13.1. The van der Waals surface area contributed by atoms with Crippen molar-refractivity contribution in [3.05, 3.63) is 29.8 Å². The van der Waals surface area contributed by atoms with Crippen LogP contribution in [-0.2, 0) is 4.79 Å². The molecular formula is C13H19NO2. The van der Waals surface area contributed by atoms with Crippen molar-refractivity contribution in [2.24, 2.45) is 0 Å². The summed E-state index contributed by atoms with van der Waals surface area (Å²) in [5.74, 6) is 0.800. The number of ether oxygens (including phenoxy) is 1. The fourth-order valence-electron chi connectivity index (χ4n) is 1.56. The summed E-state index contributed by atoms with van der Waals surface area (Å²) in [5.41, 5.74) is 1.05. The van der Waals surface area contributed by atoms with Crippen molar-refractivity contribution in [2.45, 2.75) is 12.3 Å². The highest BCUT2D eigenvalue weighted by Gasteiger charge is 2.10. The van der Waals surface area contributed by atoms with Crippen molar-refractivity contribution in [2.75, 3.05) is 27.7 Å². The number of carbonyl (C=O) groups is 1. The number of benzene rings is 1. The van der Waals surface area contributed by atoms with Gasteiger partial charge in [-0.05, 0) is 44.8 Å². The summed E-state index contributed by atoms with van der Waals surface area (Å²) in [6, 6.07) is 7.68. The third-order valence-electron chi connectivity index (χ3n) is 2.60. The van der Waals surface area contributed by atoms with Crippen molar-refractivity contribution in [1.29, 1.82) is 0 Å². The van der Waals surface area contributed by atoms with Gasteiger partial charge in [-0.15, -0.1) is 0 Å². The highest BCUT2D eigenvalue weighted by atomic mass is 16.5. The summed E-state index contributed by atoms with van der Waals surface area (Å²) in [6.07, 6.45) is 1.87. The lowest BCUT2D eigenvalue weighted by molar-refractivity contribution is -0.109. The molecule has 1 unspecified atom stereocenters. The minimum atomic E-state index is -0.0201. The van der Waals surface area contributed by atoms with Gasteiger partial charge in [0.2, 0.25) is 0 Å². The molecule has 1 rings (SSSR count). The van der Waals surface area contributed by atoms with E-state index in [1.54, 1.807) is 7.11 Å². The molecule has 3 nitrogen and oxygen atoms in total. The predicted octanol–water partition coefficient (Wildman–Crippen LogP) is 1.93. The molecule has 3 heteroatoms. The van der Waals surface area contributed by atoms with Crippen LogP contribution in [0, 0.1) is 0 Å². The van der Waals surface area contributed by atoms with Crippen molar-refractivity contribution in [3.63, 3.8) is 0 Å². The third-order valence-corrected chi connectivity index (χ3v) is 2.60. The molecule has 0 heterocycles. The molecule has 0 amide bonds.